The van der Waals surface area contributed by atoms with E-state index in [1.807, 2.05) is 37.3 Å². The number of halogens is 1. The number of amides is 1. The van der Waals surface area contributed by atoms with E-state index in [4.69, 9.17) is 16.0 Å². The molecule has 1 amide bonds. The highest BCUT2D eigenvalue weighted by atomic mass is 35.5. The predicted molar refractivity (Wildman–Crippen MR) is 76.9 cm³/mol. The highest BCUT2D eigenvalue weighted by Gasteiger charge is 2.10. The topological polar surface area (TPSA) is 42.2 Å². The van der Waals surface area contributed by atoms with Gasteiger partial charge in [0, 0.05) is 18.0 Å². The molecule has 2 aromatic rings. The van der Waals surface area contributed by atoms with Gasteiger partial charge in [-0.3, -0.25) is 4.79 Å². The average molecular weight is 278 g/mol. The molecule has 1 heterocycles. The summed E-state index contributed by atoms with van der Waals surface area (Å²) in [6, 6.07) is 11.1. The Balaban J connectivity index is 2.01. The molecule has 0 aliphatic heterocycles. The Morgan fingerprint density at radius 3 is 2.53 bits per heavy atom. The van der Waals surface area contributed by atoms with E-state index >= 15 is 0 Å². The molecule has 0 atom stereocenters. The van der Waals surface area contributed by atoms with Crippen LogP contribution in [0.25, 0.3) is 0 Å². The van der Waals surface area contributed by atoms with E-state index in [2.05, 4.69) is 5.32 Å². The third-order valence-corrected chi connectivity index (χ3v) is 3.02. The molecule has 0 saturated heterocycles. The normalized spacial score (nSPS) is 10.4. The number of hydrogen-bond acceptors (Lipinski definition) is 2. The summed E-state index contributed by atoms with van der Waals surface area (Å²) in [7, 11) is 0. The van der Waals surface area contributed by atoms with Gasteiger partial charge < -0.3 is 9.73 Å². The van der Waals surface area contributed by atoms with E-state index < -0.39 is 0 Å². The van der Waals surface area contributed by atoms with Gasteiger partial charge in [0.05, 0.1) is 0 Å². The number of rotatable bonds is 5. The van der Waals surface area contributed by atoms with Crippen LogP contribution in [0, 0.1) is 0 Å². The Morgan fingerprint density at radius 2 is 1.95 bits per heavy atom. The van der Waals surface area contributed by atoms with Crippen molar-refractivity contribution in [3.05, 3.63) is 53.5 Å². The summed E-state index contributed by atoms with van der Waals surface area (Å²) in [6.45, 7) is 1.98. The zero-order chi connectivity index (χ0) is 13.7. The van der Waals surface area contributed by atoms with Crippen LogP contribution in [0.4, 0.5) is 5.69 Å². The van der Waals surface area contributed by atoms with E-state index in [1.54, 1.807) is 6.07 Å². The second-order valence-corrected chi connectivity index (χ2v) is 4.59. The Bertz CT molecular complexity index is 546. The molecule has 0 saturated carbocycles. The number of alkyl halides is 1. The van der Waals surface area contributed by atoms with Gasteiger partial charge in [-0.05, 0) is 36.2 Å². The van der Waals surface area contributed by atoms with Gasteiger partial charge in [-0.2, -0.15) is 0 Å². The van der Waals surface area contributed by atoms with E-state index in [9.17, 15) is 4.79 Å². The third-order valence-electron chi connectivity index (χ3n) is 2.83. The van der Waals surface area contributed by atoms with Gasteiger partial charge in [-0.15, -0.1) is 11.6 Å². The minimum Gasteiger partial charge on any atom is -0.456 e. The van der Waals surface area contributed by atoms with Crippen molar-refractivity contribution in [2.75, 3.05) is 11.2 Å². The summed E-state index contributed by atoms with van der Waals surface area (Å²) in [5.41, 5.74) is 1.90. The van der Waals surface area contributed by atoms with Crippen molar-refractivity contribution >= 4 is 23.2 Å². The molecule has 0 aliphatic carbocycles. The summed E-state index contributed by atoms with van der Waals surface area (Å²) in [5.74, 6) is 1.51. The van der Waals surface area contributed by atoms with Crippen LogP contribution in [-0.4, -0.2) is 11.8 Å². The van der Waals surface area contributed by atoms with Gasteiger partial charge in [0.25, 0.3) is 5.91 Å². The van der Waals surface area contributed by atoms with Crippen LogP contribution in [0.3, 0.4) is 0 Å². The van der Waals surface area contributed by atoms with E-state index in [1.165, 1.54) is 0 Å². The summed E-state index contributed by atoms with van der Waals surface area (Å²) >= 11 is 5.67. The second-order valence-electron chi connectivity index (χ2n) is 4.21. The minimum atomic E-state index is -0.232. The molecule has 1 aromatic carbocycles. The Morgan fingerprint density at radius 1 is 1.21 bits per heavy atom. The molecule has 0 unspecified atom stereocenters. The van der Waals surface area contributed by atoms with Crippen molar-refractivity contribution in [3.8, 4) is 0 Å². The number of carbonyl (C=O) groups is 1. The Kier molecular flexibility index (Phi) is 4.63. The first kappa shape index (κ1) is 13.7. The fraction of sp³-hybridized carbons (Fsp3) is 0.267. The molecule has 19 heavy (non-hydrogen) atoms. The van der Waals surface area contributed by atoms with Crippen molar-refractivity contribution in [1.29, 1.82) is 0 Å². The zero-order valence-electron chi connectivity index (χ0n) is 10.8. The standard InChI is InChI=1S/C15H16ClNO2/c1-2-13-7-8-14(19-13)15(18)17-12-5-3-11(4-6-12)9-10-16/h3-8H,2,9-10H2,1H3,(H,17,18). The molecule has 0 fully saturated rings. The van der Waals surface area contributed by atoms with Gasteiger partial charge in [0.1, 0.15) is 5.76 Å². The molecular formula is C15H16ClNO2. The molecule has 0 aliphatic rings. The fourth-order valence-electron chi connectivity index (χ4n) is 1.75. The molecule has 4 heteroatoms. The Hall–Kier alpha value is -1.74. The SMILES string of the molecule is CCc1ccc(C(=O)Nc2ccc(CCCl)cc2)o1. The minimum absolute atomic E-state index is 0.232. The Labute approximate surface area is 117 Å². The van der Waals surface area contributed by atoms with E-state index in [0.29, 0.717) is 11.6 Å². The van der Waals surface area contributed by atoms with Crippen LogP contribution in [-0.2, 0) is 12.8 Å². The van der Waals surface area contributed by atoms with Crippen LogP contribution in [0.5, 0.6) is 0 Å². The maximum absolute atomic E-state index is 11.9. The number of aryl methyl sites for hydroxylation is 2. The average Bonchev–Trinajstić information content (AvgIpc) is 2.90. The second kappa shape index (κ2) is 6.43. The monoisotopic (exact) mass is 277 g/mol. The first-order valence-corrected chi connectivity index (χ1v) is 6.81. The van der Waals surface area contributed by atoms with E-state index in [0.717, 1.165) is 29.9 Å². The first-order valence-electron chi connectivity index (χ1n) is 6.28. The highest BCUT2D eigenvalue weighted by molar-refractivity contribution is 6.18. The molecular weight excluding hydrogens is 262 g/mol. The van der Waals surface area contributed by atoms with Crippen LogP contribution in [0.2, 0.25) is 0 Å². The molecule has 100 valence electrons. The molecule has 0 bridgehead atoms. The van der Waals surface area contributed by atoms with Crippen molar-refractivity contribution in [2.45, 2.75) is 19.8 Å². The third kappa shape index (κ3) is 3.61. The lowest BCUT2D eigenvalue weighted by Crippen LogP contribution is -2.10. The maximum atomic E-state index is 11.9. The largest absolute Gasteiger partial charge is 0.456 e. The molecule has 2 rings (SSSR count). The fourth-order valence-corrected chi connectivity index (χ4v) is 1.96. The van der Waals surface area contributed by atoms with Crippen LogP contribution in [0.15, 0.2) is 40.8 Å². The molecule has 0 radical (unpaired) electrons. The van der Waals surface area contributed by atoms with Crippen LogP contribution < -0.4 is 5.32 Å². The maximum Gasteiger partial charge on any atom is 0.291 e. The number of furan rings is 1. The number of nitrogens with one attached hydrogen (secondary N) is 1. The van der Waals surface area contributed by atoms with Crippen molar-refractivity contribution in [2.24, 2.45) is 0 Å². The summed E-state index contributed by atoms with van der Waals surface area (Å²) in [6.07, 6.45) is 1.61. The smallest absolute Gasteiger partial charge is 0.291 e. The van der Waals surface area contributed by atoms with Gasteiger partial charge in [0.2, 0.25) is 0 Å². The van der Waals surface area contributed by atoms with Crippen molar-refractivity contribution in [1.82, 2.24) is 0 Å². The lowest BCUT2D eigenvalue weighted by atomic mass is 10.1. The predicted octanol–water partition coefficient (Wildman–Crippen LogP) is 3.88. The number of carbonyl (C=O) groups excluding carboxylic acids is 1. The summed E-state index contributed by atoms with van der Waals surface area (Å²) in [4.78, 5) is 11.9. The van der Waals surface area contributed by atoms with Crippen LogP contribution >= 0.6 is 11.6 Å². The summed E-state index contributed by atoms with van der Waals surface area (Å²) < 4.78 is 5.40. The molecule has 3 nitrogen and oxygen atoms in total. The zero-order valence-corrected chi connectivity index (χ0v) is 11.5. The number of benzene rings is 1. The van der Waals surface area contributed by atoms with Gasteiger partial charge in [-0.25, -0.2) is 0 Å². The van der Waals surface area contributed by atoms with Gasteiger partial charge in [0.15, 0.2) is 5.76 Å². The van der Waals surface area contributed by atoms with Crippen LogP contribution in [0.1, 0.15) is 28.8 Å². The summed E-state index contributed by atoms with van der Waals surface area (Å²) in [5, 5.41) is 2.80. The lowest BCUT2D eigenvalue weighted by molar-refractivity contribution is 0.0995. The number of hydrogen-bond donors (Lipinski definition) is 1. The first-order chi connectivity index (χ1) is 9.22. The quantitative estimate of drug-likeness (QED) is 0.843. The van der Waals surface area contributed by atoms with E-state index in [-0.39, 0.29) is 5.91 Å². The van der Waals surface area contributed by atoms with Crippen molar-refractivity contribution < 1.29 is 9.21 Å². The molecule has 0 spiro atoms. The lowest BCUT2D eigenvalue weighted by Gasteiger charge is -2.04. The molecule has 1 N–H and O–H groups in total. The van der Waals surface area contributed by atoms with Crippen molar-refractivity contribution in [3.63, 3.8) is 0 Å². The highest BCUT2D eigenvalue weighted by Crippen LogP contribution is 2.14. The molecule has 1 aromatic heterocycles. The van der Waals surface area contributed by atoms with Gasteiger partial charge >= 0.3 is 0 Å². The van der Waals surface area contributed by atoms with Gasteiger partial charge in [-0.1, -0.05) is 19.1 Å². The number of anilines is 1.